The van der Waals surface area contributed by atoms with Crippen molar-refractivity contribution in [2.24, 2.45) is 5.73 Å². The van der Waals surface area contributed by atoms with Crippen LogP contribution in [0.4, 0.5) is 0 Å². The molecule has 2 N–H and O–H groups in total. The van der Waals surface area contributed by atoms with Crippen LogP contribution in [-0.4, -0.2) is 40.4 Å². The summed E-state index contributed by atoms with van der Waals surface area (Å²) in [5.74, 6) is 2.28. The third kappa shape index (κ3) is 3.86. The fourth-order valence-corrected chi connectivity index (χ4v) is 2.74. The Bertz CT molecular complexity index is 395. The first-order chi connectivity index (χ1) is 8.31. The van der Waals surface area contributed by atoms with Crippen LogP contribution in [0.1, 0.15) is 22.5 Å². The lowest BCUT2D eigenvalue weighted by atomic mass is 10.2. The molecule has 0 aromatic carbocycles. The summed E-state index contributed by atoms with van der Waals surface area (Å²) in [6, 6.07) is 3.56. The number of nitrogens with zero attached hydrogens (tertiary/aromatic N) is 2. The van der Waals surface area contributed by atoms with Crippen molar-refractivity contribution in [2.45, 2.75) is 13.0 Å². The standard InChI is InChI=1S/C12H17N3OS.ClH/c13-9-11-8-10(2-3-14-11)12(16)15-4-1-6-17-7-5-15;/h2-3,8H,1,4-7,9,13H2;1H. The molecule has 100 valence electrons. The highest BCUT2D eigenvalue weighted by Crippen LogP contribution is 2.13. The van der Waals surface area contributed by atoms with E-state index >= 15 is 0 Å². The quantitative estimate of drug-likeness (QED) is 0.896. The third-order valence-electron chi connectivity index (χ3n) is 2.78. The average molecular weight is 288 g/mol. The van der Waals surface area contributed by atoms with Crippen LogP contribution in [0.3, 0.4) is 0 Å². The predicted octanol–water partition coefficient (Wildman–Crippen LogP) is 1.54. The number of thioether (sulfide) groups is 1. The number of aromatic nitrogens is 1. The lowest BCUT2D eigenvalue weighted by molar-refractivity contribution is 0.0768. The zero-order valence-electron chi connectivity index (χ0n) is 10.2. The van der Waals surface area contributed by atoms with E-state index in [4.69, 9.17) is 5.73 Å². The molecule has 4 nitrogen and oxygen atoms in total. The van der Waals surface area contributed by atoms with Crippen LogP contribution in [0, 0.1) is 0 Å². The second-order valence-electron chi connectivity index (χ2n) is 4.00. The van der Waals surface area contributed by atoms with Crippen molar-refractivity contribution in [2.75, 3.05) is 24.6 Å². The molecule has 0 saturated carbocycles. The minimum atomic E-state index is 0. The van der Waals surface area contributed by atoms with Crippen molar-refractivity contribution in [3.8, 4) is 0 Å². The second-order valence-corrected chi connectivity index (χ2v) is 5.22. The van der Waals surface area contributed by atoms with E-state index in [9.17, 15) is 4.79 Å². The lowest BCUT2D eigenvalue weighted by Gasteiger charge is -2.20. The molecule has 1 saturated heterocycles. The molecule has 0 atom stereocenters. The van der Waals surface area contributed by atoms with Gasteiger partial charge in [-0.05, 0) is 24.3 Å². The van der Waals surface area contributed by atoms with Crippen LogP contribution in [0.2, 0.25) is 0 Å². The molecule has 2 heterocycles. The number of carbonyl (C=O) groups is 1. The molecule has 0 radical (unpaired) electrons. The Morgan fingerprint density at radius 3 is 3.06 bits per heavy atom. The molecule has 0 spiro atoms. The summed E-state index contributed by atoms with van der Waals surface area (Å²) >= 11 is 1.91. The SMILES string of the molecule is Cl.NCc1cc(C(=O)N2CCCSCC2)ccn1. The Kier molecular flexibility index (Phi) is 6.46. The van der Waals surface area contributed by atoms with Crippen molar-refractivity contribution in [1.29, 1.82) is 0 Å². The number of carbonyl (C=O) groups excluding carboxylic acids is 1. The van der Waals surface area contributed by atoms with E-state index in [0.29, 0.717) is 12.1 Å². The topological polar surface area (TPSA) is 59.2 Å². The zero-order valence-corrected chi connectivity index (χ0v) is 11.8. The van der Waals surface area contributed by atoms with Crippen LogP contribution in [0.5, 0.6) is 0 Å². The van der Waals surface area contributed by atoms with Crippen LogP contribution < -0.4 is 5.73 Å². The second kappa shape index (κ2) is 7.61. The first-order valence-electron chi connectivity index (χ1n) is 5.83. The van der Waals surface area contributed by atoms with Gasteiger partial charge in [-0.25, -0.2) is 0 Å². The van der Waals surface area contributed by atoms with Crippen LogP contribution in [-0.2, 0) is 6.54 Å². The summed E-state index contributed by atoms with van der Waals surface area (Å²) in [6.45, 7) is 2.06. The maximum Gasteiger partial charge on any atom is 0.254 e. The minimum absolute atomic E-state index is 0. The summed E-state index contributed by atoms with van der Waals surface area (Å²) in [7, 11) is 0. The number of amides is 1. The first kappa shape index (κ1) is 15.3. The van der Waals surface area contributed by atoms with Gasteiger partial charge in [0.25, 0.3) is 5.91 Å². The summed E-state index contributed by atoms with van der Waals surface area (Å²) in [5, 5.41) is 0. The van der Waals surface area contributed by atoms with Gasteiger partial charge in [-0.15, -0.1) is 12.4 Å². The normalized spacial score (nSPS) is 15.7. The average Bonchev–Trinajstić information content (AvgIpc) is 2.67. The van der Waals surface area contributed by atoms with Gasteiger partial charge in [0.15, 0.2) is 0 Å². The highest BCUT2D eigenvalue weighted by Gasteiger charge is 2.17. The van der Waals surface area contributed by atoms with Crippen molar-refractivity contribution >= 4 is 30.1 Å². The highest BCUT2D eigenvalue weighted by atomic mass is 35.5. The van der Waals surface area contributed by atoms with Crippen molar-refractivity contribution < 1.29 is 4.79 Å². The van der Waals surface area contributed by atoms with E-state index < -0.39 is 0 Å². The molecule has 18 heavy (non-hydrogen) atoms. The number of halogens is 1. The minimum Gasteiger partial charge on any atom is -0.338 e. The largest absolute Gasteiger partial charge is 0.338 e. The Balaban J connectivity index is 0.00000162. The van der Waals surface area contributed by atoms with E-state index in [2.05, 4.69) is 4.98 Å². The van der Waals surface area contributed by atoms with E-state index in [1.54, 1.807) is 18.3 Å². The van der Waals surface area contributed by atoms with Crippen molar-refractivity contribution in [3.63, 3.8) is 0 Å². The molecular weight excluding hydrogens is 270 g/mol. The molecule has 6 heteroatoms. The van der Waals surface area contributed by atoms with E-state index in [1.165, 1.54) is 0 Å². The summed E-state index contributed by atoms with van der Waals surface area (Å²) in [5.41, 5.74) is 7.00. The summed E-state index contributed by atoms with van der Waals surface area (Å²) < 4.78 is 0. The van der Waals surface area contributed by atoms with Crippen LogP contribution in [0.15, 0.2) is 18.3 Å². The highest BCUT2D eigenvalue weighted by molar-refractivity contribution is 7.99. The third-order valence-corrected chi connectivity index (χ3v) is 3.83. The van der Waals surface area contributed by atoms with Gasteiger partial charge in [0.2, 0.25) is 0 Å². The monoisotopic (exact) mass is 287 g/mol. The Hall–Kier alpha value is -0.780. The van der Waals surface area contributed by atoms with Crippen LogP contribution >= 0.6 is 24.2 Å². The maximum absolute atomic E-state index is 12.3. The fourth-order valence-electron chi connectivity index (χ4n) is 1.85. The number of hydrogen-bond acceptors (Lipinski definition) is 4. The van der Waals surface area contributed by atoms with Gasteiger partial charge in [-0.3, -0.25) is 9.78 Å². The smallest absolute Gasteiger partial charge is 0.254 e. The number of nitrogens with two attached hydrogens (primary N) is 1. The molecule has 2 rings (SSSR count). The Morgan fingerprint density at radius 2 is 2.28 bits per heavy atom. The molecule has 1 aromatic rings. The van der Waals surface area contributed by atoms with Crippen molar-refractivity contribution in [1.82, 2.24) is 9.88 Å². The number of pyridine rings is 1. The van der Waals surface area contributed by atoms with Gasteiger partial charge < -0.3 is 10.6 Å². The maximum atomic E-state index is 12.3. The van der Waals surface area contributed by atoms with Gasteiger partial charge in [0.1, 0.15) is 0 Å². The van der Waals surface area contributed by atoms with Gasteiger partial charge in [0, 0.05) is 37.1 Å². The van der Waals surface area contributed by atoms with Crippen LogP contribution in [0.25, 0.3) is 0 Å². The first-order valence-corrected chi connectivity index (χ1v) is 6.99. The molecule has 1 amide bonds. The molecule has 1 aromatic heterocycles. The van der Waals surface area contributed by atoms with E-state index in [0.717, 1.165) is 36.7 Å². The molecule has 0 unspecified atom stereocenters. The molecular formula is C12H18ClN3OS. The Labute approximate surface area is 118 Å². The molecule has 1 aliphatic rings. The van der Waals surface area contributed by atoms with Crippen molar-refractivity contribution in [3.05, 3.63) is 29.6 Å². The lowest BCUT2D eigenvalue weighted by Crippen LogP contribution is -2.33. The van der Waals surface area contributed by atoms with E-state index in [1.807, 2.05) is 16.7 Å². The molecule has 1 fully saturated rings. The Morgan fingerprint density at radius 1 is 1.44 bits per heavy atom. The zero-order chi connectivity index (χ0) is 12.1. The number of hydrogen-bond donors (Lipinski definition) is 1. The summed E-state index contributed by atoms with van der Waals surface area (Å²) in [6.07, 6.45) is 2.73. The molecule has 1 aliphatic heterocycles. The van der Waals surface area contributed by atoms with E-state index in [-0.39, 0.29) is 18.3 Å². The summed E-state index contributed by atoms with van der Waals surface area (Å²) in [4.78, 5) is 18.3. The number of rotatable bonds is 2. The van der Waals surface area contributed by atoms with Gasteiger partial charge in [-0.1, -0.05) is 0 Å². The van der Waals surface area contributed by atoms with Gasteiger partial charge >= 0.3 is 0 Å². The molecule has 0 bridgehead atoms. The van der Waals surface area contributed by atoms with Gasteiger partial charge in [-0.2, -0.15) is 11.8 Å². The fraction of sp³-hybridized carbons (Fsp3) is 0.500. The van der Waals surface area contributed by atoms with Gasteiger partial charge in [0.05, 0.1) is 5.69 Å². The molecule has 0 aliphatic carbocycles. The predicted molar refractivity (Wildman–Crippen MR) is 77.2 cm³/mol.